The molecular weight excluding hydrogens is 200 g/mol. The van der Waals surface area contributed by atoms with Gasteiger partial charge in [-0.05, 0) is 6.42 Å². The molecular formula is C8H12N4O3. The lowest BCUT2D eigenvalue weighted by Gasteiger charge is -1.98. The monoisotopic (exact) mass is 212 g/mol. The Labute approximate surface area is 86.2 Å². The summed E-state index contributed by atoms with van der Waals surface area (Å²) in [5, 5.41) is 16.9. The molecule has 1 rings (SSSR count). The van der Waals surface area contributed by atoms with E-state index in [1.165, 1.54) is 17.9 Å². The van der Waals surface area contributed by atoms with E-state index < -0.39 is 10.8 Å². The van der Waals surface area contributed by atoms with Gasteiger partial charge in [0, 0.05) is 13.6 Å². The fraction of sp³-hybridized carbons (Fsp3) is 0.500. The van der Waals surface area contributed by atoms with Crippen LogP contribution in [0.1, 0.15) is 23.8 Å². The Balaban J connectivity index is 2.92. The third-order valence-electron chi connectivity index (χ3n) is 1.76. The van der Waals surface area contributed by atoms with E-state index in [0.29, 0.717) is 6.54 Å². The largest absolute Gasteiger partial charge is 0.350 e. The van der Waals surface area contributed by atoms with Crippen molar-refractivity contribution in [1.29, 1.82) is 0 Å². The maximum Gasteiger partial charge on any atom is 0.320 e. The Morgan fingerprint density at radius 2 is 2.40 bits per heavy atom. The zero-order chi connectivity index (χ0) is 11.4. The molecule has 1 heterocycles. The summed E-state index contributed by atoms with van der Waals surface area (Å²) in [5.74, 6) is -0.510. The van der Waals surface area contributed by atoms with Gasteiger partial charge >= 0.3 is 5.69 Å². The molecule has 1 aromatic heterocycles. The van der Waals surface area contributed by atoms with Crippen LogP contribution in [0.3, 0.4) is 0 Å². The lowest BCUT2D eigenvalue weighted by molar-refractivity contribution is -0.385. The summed E-state index contributed by atoms with van der Waals surface area (Å²) in [6, 6.07) is 0. The number of carbonyl (C=O) groups excluding carboxylic acids is 1. The first-order valence-electron chi connectivity index (χ1n) is 4.52. The lowest BCUT2D eigenvalue weighted by Crippen LogP contribution is -2.25. The van der Waals surface area contributed by atoms with Crippen molar-refractivity contribution in [2.45, 2.75) is 13.3 Å². The zero-order valence-electron chi connectivity index (χ0n) is 8.56. The predicted molar refractivity (Wildman–Crippen MR) is 52.5 cm³/mol. The first-order valence-corrected chi connectivity index (χ1v) is 4.52. The van der Waals surface area contributed by atoms with Crippen LogP contribution in [0.5, 0.6) is 0 Å². The van der Waals surface area contributed by atoms with Crippen LogP contribution in [0, 0.1) is 10.1 Å². The number of hydrogen-bond donors (Lipinski definition) is 1. The van der Waals surface area contributed by atoms with Crippen molar-refractivity contribution >= 4 is 11.6 Å². The molecule has 0 saturated heterocycles. The highest BCUT2D eigenvalue weighted by Gasteiger charge is 2.24. The third kappa shape index (κ3) is 2.52. The number of amides is 1. The number of rotatable bonds is 4. The lowest BCUT2D eigenvalue weighted by atomic mass is 10.3. The number of nitrogens with one attached hydrogen (secondary N) is 1. The van der Waals surface area contributed by atoms with Gasteiger partial charge in [-0.1, -0.05) is 6.92 Å². The van der Waals surface area contributed by atoms with E-state index in [1.807, 2.05) is 6.92 Å². The predicted octanol–water partition coefficient (Wildman–Crippen LogP) is 0.468. The summed E-state index contributed by atoms with van der Waals surface area (Å²) in [7, 11) is 1.53. The molecule has 0 atom stereocenters. The molecule has 0 aliphatic rings. The fourth-order valence-electron chi connectivity index (χ4n) is 1.09. The van der Waals surface area contributed by atoms with Gasteiger partial charge in [0.25, 0.3) is 5.91 Å². The Hall–Kier alpha value is -1.92. The minimum Gasteiger partial charge on any atom is -0.350 e. The fourth-order valence-corrected chi connectivity index (χ4v) is 1.09. The highest BCUT2D eigenvalue weighted by Crippen LogP contribution is 2.15. The van der Waals surface area contributed by atoms with E-state index in [0.717, 1.165) is 6.42 Å². The maximum absolute atomic E-state index is 11.5. The van der Waals surface area contributed by atoms with Crippen molar-refractivity contribution in [3.05, 3.63) is 22.0 Å². The molecule has 0 aromatic carbocycles. The van der Waals surface area contributed by atoms with E-state index in [1.54, 1.807) is 0 Å². The summed E-state index contributed by atoms with van der Waals surface area (Å²) in [4.78, 5) is 21.4. The Morgan fingerprint density at radius 3 is 2.93 bits per heavy atom. The average Bonchev–Trinajstić information content (AvgIpc) is 2.57. The second-order valence-corrected chi connectivity index (χ2v) is 3.05. The zero-order valence-corrected chi connectivity index (χ0v) is 8.56. The van der Waals surface area contributed by atoms with E-state index in [9.17, 15) is 14.9 Å². The van der Waals surface area contributed by atoms with Crippen molar-refractivity contribution in [3.63, 3.8) is 0 Å². The molecule has 0 bridgehead atoms. The molecule has 7 heteroatoms. The Morgan fingerprint density at radius 1 is 1.73 bits per heavy atom. The van der Waals surface area contributed by atoms with Crippen molar-refractivity contribution in [2.75, 3.05) is 6.54 Å². The topological polar surface area (TPSA) is 90.1 Å². The van der Waals surface area contributed by atoms with Gasteiger partial charge in [0.05, 0.1) is 4.92 Å². The second kappa shape index (κ2) is 4.54. The van der Waals surface area contributed by atoms with Crippen LogP contribution in [-0.4, -0.2) is 27.2 Å². The normalized spacial score (nSPS) is 10.0. The van der Waals surface area contributed by atoms with Crippen LogP contribution in [0.2, 0.25) is 0 Å². The van der Waals surface area contributed by atoms with Crippen LogP contribution in [0.15, 0.2) is 6.20 Å². The van der Waals surface area contributed by atoms with Crippen molar-refractivity contribution in [2.24, 2.45) is 7.05 Å². The summed E-state index contributed by atoms with van der Waals surface area (Å²) < 4.78 is 1.25. The molecule has 1 amide bonds. The van der Waals surface area contributed by atoms with E-state index >= 15 is 0 Å². The van der Waals surface area contributed by atoms with Crippen LogP contribution < -0.4 is 5.32 Å². The minimum absolute atomic E-state index is 0.143. The maximum atomic E-state index is 11.5. The van der Waals surface area contributed by atoms with Gasteiger partial charge in [-0.2, -0.15) is 5.10 Å². The Kier molecular flexibility index (Phi) is 3.37. The second-order valence-electron chi connectivity index (χ2n) is 3.05. The smallest absolute Gasteiger partial charge is 0.320 e. The van der Waals surface area contributed by atoms with Crippen LogP contribution >= 0.6 is 0 Å². The van der Waals surface area contributed by atoms with Crippen molar-refractivity contribution in [3.8, 4) is 0 Å². The van der Waals surface area contributed by atoms with E-state index in [2.05, 4.69) is 10.4 Å². The SMILES string of the molecule is CCCNC(=O)c1nn(C)cc1[N+](=O)[O-]. The molecule has 0 radical (unpaired) electrons. The van der Waals surface area contributed by atoms with E-state index in [4.69, 9.17) is 0 Å². The van der Waals surface area contributed by atoms with Gasteiger partial charge in [-0.3, -0.25) is 19.6 Å². The summed E-state index contributed by atoms with van der Waals surface area (Å²) in [6.45, 7) is 2.37. The van der Waals surface area contributed by atoms with E-state index in [-0.39, 0.29) is 11.4 Å². The third-order valence-corrected chi connectivity index (χ3v) is 1.76. The first-order chi connectivity index (χ1) is 7.06. The van der Waals surface area contributed by atoms with Crippen LogP contribution in [-0.2, 0) is 7.05 Å². The molecule has 0 aliphatic carbocycles. The van der Waals surface area contributed by atoms with Gasteiger partial charge in [0.1, 0.15) is 6.20 Å². The molecule has 15 heavy (non-hydrogen) atoms. The number of aromatic nitrogens is 2. The van der Waals surface area contributed by atoms with Crippen molar-refractivity contribution in [1.82, 2.24) is 15.1 Å². The standard InChI is InChI=1S/C8H12N4O3/c1-3-4-9-8(13)7-6(12(14)15)5-11(2)10-7/h5H,3-4H2,1-2H3,(H,9,13). The van der Waals surface area contributed by atoms with Crippen LogP contribution in [0.4, 0.5) is 5.69 Å². The molecule has 82 valence electrons. The molecule has 0 saturated carbocycles. The molecule has 7 nitrogen and oxygen atoms in total. The average molecular weight is 212 g/mol. The number of carbonyl (C=O) groups is 1. The van der Waals surface area contributed by atoms with Gasteiger partial charge in [-0.25, -0.2) is 0 Å². The summed E-state index contributed by atoms with van der Waals surface area (Å²) >= 11 is 0. The minimum atomic E-state index is -0.617. The quantitative estimate of drug-likeness (QED) is 0.580. The summed E-state index contributed by atoms with van der Waals surface area (Å²) in [5.41, 5.74) is -0.415. The van der Waals surface area contributed by atoms with Gasteiger partial charge in [0.15, 0.2) is 0 Å². The molecule has 0 aliphatic heterocycles. The van der Waals surface area contributed by atoms with Crippen LogP contribution in [0.25, 0.3) is 0 Å². The van der Waals surface area contributed by atoms with Gasteiger partial charge < -0.3 is 5.32 Å². The number of hydrogen-bond acceptors (Lipinski definition) is 4. The van der Waals surface area contributed by atoms with Gasteiger partial charge in [-0.15, -0.1) is 0 Å². The molecule has 0 unspecified atom stereocenters. The molecule has 0 fully saturated rings. The van der Waals surface area contributed by atoms with Gasteiger partial charge in [0.2, 0.25) is 5.69 Å². The first kappa shape index (κ1) is 11.2. The number of nitrogens with zero attached hydrogens (tertiary/aromatic N) is 3. The highest BCUT2D eigenvalue weighted by molar-refractivity contribution is 5.95. The molecule has 1 N–H and O–H groups in total. The Bertz CT molecular complexity index is 385. The number of nitro groups is 1. The number of aryl methyl sites for hydroxylation is 1. The summed E-state index contributed by atoms with van der Waals surface area (Å²) in [6.07, 6.45) is 1.98. The molecule has 0 spiro atoms. The highest BCUT2D eigenvalue weighted by atomic mass is 16.6. The van der Waals surface area contributed by atoms with Crippen molar-refractivity contribution < 1.29 is 9.72 Å². The molecule has 1 aromatic rings.